The second kappa shape index (κ2) is 6.11. The maximum Gasteiger partial charge on any atom is 0.269 e. The summed E-state index contributed by atoms with van der Waals surface area (Å²) in [7, 11) is 0. The lowest BCUT2D eigenvalue weighted by Gasteiger charge is -2.01. The monoisotopic (exact) mass is 341 g/mol. The normalized spacial score (nSPS) is 12.2. The number of hydrogen-bond donors (Lipinski definition) is 0. The fourth-order valence-corrected chi connectivity index (χ4v) is 2.28. The summed E-state index contributed by atoms with van der Waals surface area (Å²) in [5.41, 5.74) is 0.727. The topological polar surface area (TPSA) is 110 Å². The highest BCUT2D eigenvalue weighted by molar-refractivity contribution is 5.61. The molecule has 9 nitrogen and oxygen atoms in total. The first-order valence-corrected chi connectivity index (χ1v) is 7.29. The van der Waals surface area contributed by atoms with Gasteiger partial charge in [-0.2, -0.15) is 4.98 Å². The van der Waals surface area contributed by atoms with Gasteiger partial charge in [0, 0.05) is 17.7 Å². The molecule has 0 bridgehead atoms. The van der Waals surface area contributed by atoms with Gasteiger partial charge in [-0.05, 0) is 30.3 Å². The molecule has 25 heavy (non-hydrogen) atoms. The Bertz CT molecular complexity index is 922. The highest BCUT2D eigenvalue weighted by Gasteiger charge is 2.16. The maximum absolute atomic E-state index is 10.6. The molecule has 0 spiro atoms. The van der Waals surface area contributed by atoms with Crippen molar-refractivity contribution in [3.8, 4) is 28.6 Å². The van der Waals surface area contributed by atoms with Crippen molar-refractivity contribution in [1.29, 1.82) is 0 Å². The first kappa shape index (κ1) is 14.9. The van der Waals surface area contributed by atoms with Crippen molar-refractivity contribution in [2.45, 2.75) is 6.61 Å². The first-order chi connectivity index (χ1) is 12.2. The van der Waals surface area contributed by atoms with Crippen LogP contribution in [0, 0.1) is 10.1 Å². The lowest BCUT2D eigenvalue weighted by Crippen LogP contribution is -1.96. The van der Waals surface area contributed by atoms with Crippen LogP contribution in [0.5, 0.6) is 17.2 Å². The molecule has 2 heterocycles. The Morgan fingerprint density at radius 3 is 2.72 bits per heavy atom. The quantitative estimate of drug-likeness (QED) is 0.514. The van der Waals surface area contributed by atoms with Crippen molar-refractivity contribution in [1.82, 2.24) is 10.1 Å². The summed E-state index contributed by atoms with van der Waals surface area (Å²) in [6.45, 7) is 0.245. The summed E-state index contributed by atoms with van der Waals surface area (Å²) in [5, 5.41) is 14.5. The van der Waals surface area contributed by atoms with Gasteiger partial charge in [-0.15, -0.1) is 0 Å². The standard InChI is InChI=1S/C16H11N3O6/c20-19(21)11-2-4-12(5-3-11)22-8-15-17-16(18-25-15)10-1-6-13-14(7-10)24-9-23-13/h1-7H,8-9H2. The number of nitro benzene ring substituents is 1. The molecule has 9 heteroatoms. The van der Waals surface area contributed by atoms with Gasteiger partial charge in [0.15, 0.2) is 18.1 Å². The van der Waals surface area contributed by atoms with Crippen LogP contribution in [0.4, 0.5) is 5.69 Å². The van der Waals surface area contributed by atoms with E-state index < -0.39 is 4.92 Å². The predicted octanol–water partition coefficient (Wildman–Crippen LogP) is 2.95. The van der Waals surface area contributed by atoms with E-state index >= 15 is 0 Å². The summed E-state index contributed by atoms with van der Waals surface area (Å²) in [6, 6.07) is 11.1. The molecule has 4 rings (SSSR count). The van der Waals surface area contributed by atoms with Gasteiger partial charge in [0.25, 0.3) is 11.6 Å². The van der Waals surface area contributed by atoms with E-state index in [2.05, 4.69) is 10.1 Å². The van der Waals surface area contributed by atoms with Crippen LogP contribution in [-0.2, 0) is 6.61 Å². The minimum absolute atomic E-state index is 0.00441. The zero-order valence-corrected chi connectivity index (χ0v) is 12.7. The molecule has 0 saturated heterocycles. The van der Waals surface area contributed by atoms with Gasteiger partial charge in [0.1, 0.15) is 5.75 Å². The molecule has 0 amide bonds. The van der Waals surface area contributed by atoms with Crippen LogP contribution in [0.1, 0.15) is 5.89 Å². The maximum atomic E-state index is 10.6. The number of ether oxygens (including phenoxy) is 3. The van der Waals surface area contributed by atoms with E-state index in [1.807, 2.05) is 0 Å². The fraction of sp³-hybridized carbons (Fsp3) is 0.125. The van der Waals surface area contributed by atoms with Crippen molar-refractivity contribution >= 4 is 5.69 Å². The van der Waals surface area contributed by atoms with E-state index in [-0.39, 0.29) is 25.0 Å². The van der Waals surface area contributed by atoms with E-state index in [4.69, 9.17) is 18.7 Å². The Labute approximate surface area is 140 Å². The molecule has 0 aliphatic carbocycles. The summed E-state index contributed by atoms with van der Waals surface area (Å²) in [5.74, 6) is 2.46. The van der Waals surface area contributed by atoms with Crippen LogP contribution in [0.15, 0.2) is 47.0 Å². The number of non-ortho nitro benzene ring substituents is 1. The minimum Gasteiger partial charge on any atom is -0.484 e. The van der Waals surface area contributed by atoms with Crippen LogP contribution in [0.25, 0.3) is 11.4 Å². The van der Waals surface area contributed by atoms with E-state index in [0.717, 1.165) is 5.56 Å². The van der Waals surface area contributed by atoms with Crippen molar-refractivity contribution in [2.75, 3.05) is 6.79 Å². The van der Waals surface area contributed by atoms with Gasteiger partial charge in [-0.25, -0.2) is 0 Å². The third kappa shape index (κ3) is 3.07. The van der Waals surface area contributed by atoms with Gasteiger partial charge >= 0.3 is 0 Å². The third-order valence-corrected chi connectivity index (χ3v) is 3.51. The van der Waals surface area contributed by atoms with Crippen LogP contribution >= 0.6 is 0 Å². The van der Waals surface area contributed by atoms with E-state index in [1.54, 1.807) is 18.2 Å². The summed E-state index contributed by atoms with van der Waals surface area (Å²) in [6.07, 6.45) is 0. The van der Waals surface area contributed by atoms with Crippen LogP contribution in [0.2, 0.25) is 0 Å². The Morgan fingerprint density at radius 1 is 1.12 bits per heavy atom. The molecule has 0 unspecified atom stereocenters. The largest absolute Gasteiger partial charge is 0.484 e. The summed E-state index contributed by atoms with van der Waals surface area (Å²) >= 11 is 0. The van der Waals surface area contributed by atoms with E-state index in [1.165, 1.54) is 24.3 Å². The lowest BCUT2D eigenvalue weighted by molar-refractivity contribution is -0.384. The highest BCUT2D eigenvalue weighted by atomic mass is 16.7. The van der Waals surface area contributed by atoms with Gasteiger partial charge < -0.3 is 18.7 Å². The molecule has 3 aromatic rings. The molecule has 1 aliphatic heterocycles. The average Bonchev–Trinajstić information content (AvgIpc) is 3.28. The molecule has 2 aromatic carbocycles. The van der Waals surface area contributed by atoms with Gasteiger partial charge in [-0.3, -0.25) is 10.1 Å². The molecule has 0 radical (unpaired) electrons. The van der Waals surface area contributed by atoms with Gasteiger partial charge in [0.2, 0.25) is 12.6 Å². The number of fused-ring (bicyclic) bond motifs is 1. The molecule has 1 aliphatic rings. The fourth-order valence-electron chi connectivity index (χ4n) is 2.28. The number of rotatable bonds is 5. The highest BCUT2D eigenvalue weighted by Crippen LogP contribution is 2.35. The predicted molar refractivity (Wildman–Crippen MR) is 83.3 cm³/mol. The van der Waals surface area contributed by atoms with Gasteiger partial charge in [-0.1, -0.05) is 5.16 Å². The molecule has 1 aromatic heterocycles. The molecule has 0 N–H and O–H groups in total. The Balaban J connectivity index is 1.44. The van der Waals surface area contributed by atoms with Crippen LogP contribution in [-0.4, -0.2) is 21.9 Å². The summed E-state index contributed by atoms with van der Waals surface area (Å²) < 4.78 is 21.2. The van der Waals surface area contributed by atoms with Crippen molar-refractivity contribution in [3.63, 3.8) is 0 Å². The van der Waals surface area contributed by atoms with Crippen molar-refractivity contribution in [3.05, 3.63) is 58.5 Å². The Kier molecular flexibility index (Phi) is 3.65. The SMILES string of the molecule is O=[N+]([O-])c1ccc(OCc2nc(-c3ccc4c(c3)OCO4)no2)cc1. The van der Waals surface area contributed by atoms with Gasteiger partial charge in [0.05, 0.1) is 4.92 Å². The van der Waals surface area contributed by atoms with Crippen molar-refractivity contribution in [2.24, 2.45) is 0 Å². The Morgan fingerprint density at radius 2 is 1.92 bits per heavy atom. The summed E-state index contributed by atoms with van der Waals surface area (Å²) in [4.78, 5) is 14.4. The molecular weight excluding hydrogens is 330 g/mol. The Hall–Kier alpha value is -3.62. The minimum atomic E-state index is -0.473. The molecular formula is C16H11N3O6. The number of hydrogen-bond acceptors (Lipinski definition) is 8. The second-order valence-corrected chi connectivity index (χ2v) is 5.12. The smallest absolute Gasteiger partial charge is 0.269 e. The molecule has 126 valence electrons. The molecule has 0 fully saturated rings. The van der Waals surface area contributed by atoms with Crippen molar-refractivity contribution < 1.29 is 23.7 Å². The number of benzene rings is 2. The zero-order chi connectivity index (χ0) is 17.2. The number of nitro groups is 1. The molecule has 0 atom stereocenters. The van der Waals surface area contributed by atoms with E-state index in [9.17, 15) is 10.1 Å². The van der Waals surface area contributed by atoms with Crippen LogP contribution < -0.4 is 14.2 Å². The number of nitrogens with zero attached hydrogens (tertiary/aromatic N) is 3. The van der Waals surface area contributed by atoms with Crippen LogP contribution in [0.3, 0.4) is 0 Å². The van der Waals surface area contributed by atoms with E-state index in [0.29, 0.717) is 23.1 Å². The third-order valence-electron chi connectivity index (χ3n) is 3.51. The first-order valence-electron chi connectivity index (χ1n) is 7.29. The number of aromatic nitrogens is 2. The average molecular weight is 341 g/mol. The molecule has 0 saturated carbocycles. The second-order valence-electron chi connectivity index (χ2n) is 5.12. The zero-order valence-electron chi connectivity index (χ0n) is 12.7. The lowest BCUT2D eigenvalue weighted by atomic mass is 10.2.